The SMILES string of the molecule is CN=C(NCCc1ccccc1OC)NCCc1cccc2cccnc12. The highest BCUT2D eigenvalue weighted by molar-refractivity contribution is 5.82. The van der Waals surface area contributed by atoms with Crippen molar-refractivity contribution in [1.82, 2.24) is 15.6 Å². The molecule has 0 saturated carbocycles. The predicted molar refractivity (Wildman–Crippen MR) is 112 cm³/mol. The van der Waals surface area contributed by atoms with Crippen LogP contribution < -0.4 is 15.4 Å². The number of ether oxygens (including phenoxy) is 1. The molecule has 0 fully saturated rings. The number of rotatable bonds is 7. The summed E-state index contributed by atoms with van der Waals surface area (Å²) in [6.45, 7) is 1.58. The summed E-state index contributed by atoms with van der Waals surface area (Å²) >= 11 is 0. The molecule has 27 heavy (non-hydrogen) atoms. The Morgan fingerprint density at radius 1 is 0.926 bits per heavy atom. The van der Waals surface area contributed by atoms with Gasteiger partial charge in [0.2, 0.25) is 0 Å². The lowest BCUT2D eigenvalue weighted by Gasteiger charge is -2.13. The third-order valence-electron chi connectivity index (χ3n) is 4.51. The number of nitrogens with one attached hydrogen (secondary N) is 2. The Bertz CT molecular complexity index is 902. The lowest BCUT2D eigenvalue weighted by atomic mass is 10.1. The minimum atomic E-state index is 0.788. The molecule has 0 aliphatic rings. The molecule has 0 spiro atoms. The van der Waals surface area contributed by atoms with Gasteiger partial charge in [-0.05, 0) is 36.1 Å². The van der Waals surface area contributed by atoms with Crippen LogP contribution in [0.2, 0.25) is 0 Å². The second-order valence-electron chi connectivity index (χ2n) is 6.23. The number of aromatic nitrogens is 1. The largest absolute Gasteiger partial charge is 0.496 e. The molecule has 5 nitrogen and oxygen atoms in total. The van der Waals surface area contributed by atoms with Crippen LogP contribution in [0.3, 0.4) is 0 Å². The Hall–Kier alpha value is -3.08. The van der Waals surface area contributed by atoms with E-state index in [1.807, 2.05) is 30.5 Å². The molecule has 0 amide bonds. The molecule has 0 saturated heterocycles. The van der Waals surface area contributed by atoms with Gasteiger partial charge in [-0.25, -0.2) is 0 Å². The summed E-state index contributed by atoms with van der Waals surface area (Å²) in [5.41, 5.74) is 3.50. The molecule has 3 aromatic rings. The Morgan fingerprint density at radius 2 is 1.63 bits per heavy atom. The number of methoxy groups -OCH3 is 1. The van der Waals surface area contributed by atoms with Crippen molar-refractivity contribution in [2.24, 2.45) is 4.99 Å². The molecule has 140 valence electrons. The Morgan fingerprint density at radius 3 is 2.41 bits per heavy atom. The van der Waals surface area contributed by atoms with Crippen LogP contribution in [0.25, 0.3) is 10.9 Å². The average molecular weight is 362 g/mol. The van der Waals surface area contributed by atoms with Crippen molar-refractivity contribution in [3.05, 3.63) is 71.9 Å². The van der Waals surface area contributed by atoms with E-state index >= 15 is 0 Å². The summed E-state index contributed by atoms with van der Waals surface area (Å²) < 4.78 is 5.40. The highest BCUT2D eigenvalue weighted by atomic mass is 16.5. The van der Waals surface area contributed by atoms with Gasteiger partial charge in [0.05, 0.1) is 12.6 Å². The van der Waals surface area contributed by atoms with Crippen molar-refractivity contribution in [1.29, 1.82) is 0 Å². The van der Waals surface area contributed by atoms with Crippen molar-refractivity contribution >= 4 is 16.9 Å². The Balaban J connectivity index is 1.49. The fraction of sp³-hybridized carbons (Fsp3) is 0.273. The molecule has 0 aliphatic carbocycles. The number of para-hydroxylation sites is 2. The topological polar surface area (TPSA) is 58.5 Å². The molecule has 1 aromatic heterocycles. The molecule has 0 aliphatic heterocycles. The number of fused-ring (bicyclic) bond motifs is 1. The zero-order chi connectivity index (χ0) is 18.9. The molecule has 0 unspecified atom stereocenters. The van der Waals surface area contributed by atoms with Gasteiger partial charge in [-0.3, -0.25) is 9.98 Å². The third-order valence-corrected chi connectivity index (χ3v) is 4.51. The number of benzene rings is 2. The quantitative estimate of drug-likeness (QED) is 0.501. The molecule has 3 rings (SSSR count). The average Bonchev–Trinajstić information content (AvgIpc) is 2.73. The molecule has 0 radical (unpaired) electrons. The van der Waals surface area contributed by atoms with E-state index in [1.165, 1.54) is 16.5 Å². The van der Waals surface area contributed by atoms with Crippen LogP contribution in [-0.2, 0) is 12.8 Å². The van der Waals surface area contributed by atoms with Gasteiger partial charge < -0.3 is 15.4 Å². The van der Waals surface area contributed by atoms with Gasteiger partial charge in [-0.15, -0.1) is 0 Å². The fourth-order valence-corrected chi connectivity index (χ4v) is 3.13. The summed E-state index contributed by atoms with van der Waals surface area (Å²) in [7, 11) is 3.49. The summed E-state index contributed by atoms with van der Waals surface area (Å²) in [5, 5.41) is 7.91. The van der Waals surface area contributed by atoms with Crippen LogP contribution in [0.15, 0.2) is 65.8 Å². The van der Waals surface area contributed by atoms with Gasteiger partial charge >= 0.3 is 0 Å². The van der Waals surface area contributed by atoms with Gasteiger partial charge in [0.25, 0.3) is 0 Å². The number of guanidine groups is 1. The van der Waals surface area contributed by atoms with Crippen LogP contribution in [-0.4, -0.2) is 38.2 Å². The second-order valence-corrected chi connectivity index (χ2v) is 6.23. The summed E-state index contributed by atoms with van der Waals surface area (Å²) in [4.78, 5) is 8.82. The molecule has 2 aromatic carbocycles. The van der Waals surface area contributed by atoms with Gasteiger partial charge in [-0.1, -0.05) is 42.5 Å². The third kappa shape index (κ3) is 4.97. The monoisotopic (exact) mass is 362 g/mol. The van der Waals surface area contributed by atoms with E-state index in [2.05, 4.69) is 50.9 Å². The maximum atomic E-state index is 5.40. The van der Waals surface area contributed by atoms with Crippen molar-refractivity contribution in [3.8, 4) is 5.75 Å². The fourth-order valence-electron chi connectivity index (χ4n) is 3.13. The summed E-state index contributed by atoms with van der Waals surface area (Å²) in [6, 6.07) is 18.5. The summed E-state index contributed by atoms with van der Waals surface area (Å²) in [6.07, 6.45) is 3.61. The lowest BCUT2D eigenvalue weighted by Crippen LogP contribution is -2.39. The molecule has 2 N–H and O–H groups in total. The zero-order valence-corrected chi connectivity index (χ0v) is 15.9. The minimum Gasteiger partial charge on any atom is -0.496 e. The molecular formula is C22H26N4O. The van der Waals surface area contributed by atoms with Crippen molar-refractivity contribution in [3.63, 3.8) is 0 Å². The summed E-state index contributed by atoms with van der Waals surface area (Å²) in [5.74, 6) is 1.73. The van der Waals surface area contributed by atoms with E-state index in [0.717, 1.165) is 43.2 Å². The van der Waals surface area contributed by atoms with Crippen LogP contribution in [0.1, 0.15) is 11.1 Å². The number of hydrogen-bond donors (Lipinski definition) is 2. The number of pyridine rings is 1. The molecule has 1 heterocycles. The maximum Gasteiger partial charge on any atom is 0.190 e. The lowest BCUT2D eigenvalue weighted by molar-refractivity contribution is 0.409. The second kappa shape index (κ2) is 9.57. The zero-order valence-electron chi connectivity index (χ0n) is 15.9. The first-order chi connectivity index (χ1) is 13.3. The molecule has 0 atom stereocenters. The van der Waals surface area contributed by atoms with Gasteiger partial charge in [0.1, 0.15) is 5.75 Å². The van der Waals surface area contributed by atoms with Crippen molar-refractivity contribution in [2.45, 2.75) is 12.8 Å². The van der Waals surface area contributed by atoms with Crippen molar-refractivity contribution < 1.29 is 4.74 Å². The highest BCUT2D eigenvalue weighted by Crippen LogP contribution is 2.17. The minimum absolute atomic E-state index is 0.788. The van der Waals surface area contributed by atoms with E-state index < -0.39 is 0 Å². The van der Waals surface area contributed by atoms with E-state index in [4.69, 9.17) is 4.74 Å². The van der Waals surface area contributed by atoms with Crippen LogP contribution in [0.4, 0.5) is 0 Å². The maximum absolute atomic E-state index is 5.40. The van der Waals surface area contributed by atoms with Gasteiger partial charge in [-0.2, -0.15) is 0 Å². The van der Waals surface area contributed by atoms with Gasteiger partial charge in [0, 0.05) is 31.7 Å². The predicted octanol–water partition coefficient (Wildman–Crippen LogP) is 3.19. The first-order valence-corrected chi connectivity index (χ1v) is 9.21. The number of hydrogen-bond acceptors (Lipinski definition) is 3. The van der Waals surface area contributed by atoms with Crippen LogP contribution in [0.5, 0.6) is 5.75 Å². The Kier molecular flexibility index (Phi) is 6.63. The number of nitrogens with zero attached hydrogens (tertiary/aromatic N) is 2. The highest BCUT2D eigenvalue weighted by Gasteiger charge is 2.04. The normalized spacial score (nSPS) is 11.4. The molecule has 5 heteroatoms. The van der Waals surface area contributed by atoms with Crippen LogP contribution >= 0.6 is 0 Å². The molecule has 0 bridgehead atoms. The number of aliphatic imine (C=N–C) groups is 1. The first kappa shape index (κ1) is 18.7. The van der Waals surface area contributed by atoms with Crippen molar-refractivity contribution in [2.75, 3.05) is 27.2 Å². The van der Waals surface area contributed by atoms with E-state index in [0.29, 0.717) is 0 Å². The van der Waals surface area contributed by atoms with E-state index in [9.17, 15) is 0 Å². The van der Waals surface area contributed by atoms with E-state index in [-0.39, 0.29) is 0 Å². The standard InChI is InChI=1S/C22H26N4O/c1-23-22(25-15-12-17-7-3-4-11-20(17)27-2)26-16-13-19-9-5-8-18-10-6-14-24-21(18)19/h3-11,14H,12-13,15-16H2,1-2H3,(H2,23,25,26). The van der Waals surface area contributed by atoms with E-state index in [1.54, 1.807) is 14.2 Å². The Labute approximate surface area is 160 Å². The first-order valence-electron chi connectivity index (χ1n) is 9.21. The van der Waals surface area contributed by atoms with Crippen LogP contribution in [0, 0.1) is 0 Å². The smallest absolute Gasteiger partial charge is 0.190 e. The molecular weight excluding hydrogens is 336 g/mol. The van der Waals surface area contributed by atoms with Gasteiger partial charge in [0.15, 0.2) is 5.96 Å².